The molecular formula is C17H16N4O4. The predicted molar refractivity (Wildman–Crippen MR) is 88.9 cm³/mol. The van der Waals surface area contributed by atoms with E-state index in [0.717, 1.165) is 4.57 Å². The Labute approximate surface area is 142 Å². The number of nitriles is 1. The normalized spacial score (nSPS) is 10.6. The zero-order valence-corrected chi connectivity index (χ0v) is 13.8. The van der Waals surface area contributed by atoms with Crippen LogP contribution in [-0.2, 0) is 27.2 Å². The molecule has 0 atom stereocenters. The molecule has 0 amide bonds. The molecule has 3 aromatic rings. The fraction of sp³-hybridized carbons (Fsp3) is 0.235. The topological polar surface area (TPSA) is 97.3 Å². The Bertz CT molecular complexity index is 984. The maximum Gasteiger partial charge on any atom is 0.332 e. The molecule has 3 heterocycles. The van der Waals surface area contributed by atoms with Gasteiger partial charge in [0.1, 0.15) is 23.4 Å². The highest BCUT2D eigenvalue weighted by molar-refractivity contribution is 5.53. The Balaban J connectivity index is 2.17. The molecule has 0 N–H and O–H groups in total. The van der Waals surface area contributed by atoms with E-state index in [4.69, 9.17) is 8.83 Å². The quantitative estimate of drug-likeness (QED) is 0.695. The first kappa shape index (κ1) is 16.4. The fourth-order valence-electron chi connectivity index (χ4n) is 2.69. The molecule has 8 heteroatoms. The number of furan rings is 2. The van der Waals surface area contributed by atoms with E-state index >= 15 is 0 Å². The van der Waals surface area contributed by atoms with Crippen LogP contribution in [0.25, 0.3) is 0 Å². The second-order valence-corrected chi connectivity index (χ2v) is 5.53. The van der Waals surface area contributed by atoms with Crippen molar-refractivity contribution in [2.75, 3.05) is 4.90 Å². The van der Waals surface area contributed by atoms with Crippen LogP contribution in [0.5, 0.6) is 0 Å². The van der Waals surface area contributed by atoms with Gasteiger partial charge in [0.25, 0.3) is 5.56 Å². The van der Waals surface area contributed by atoms with E-state index in [9.17, 15) is 14.9 Å². The first-order valence-electron chi connectivity index (χ1n) is 7.52. The van der Waals surface area contributed by atoms with E-state index in [1.165, 1.54) is 31.2 Å². The van der Waals surface area contributed by atoms with E-state index in [0.29, 0.717) is 11.5 Å². The van der Waals surface area contributed by atoms with Crippen molar-refractivity contribution < 1.29 is 8.83 Å². The van der Waals surface area contributed by atoms with Crippen molar-refractivity contribution in [2.24, 2.45) is 14.1 Å². The smallest absolute Gasteiger partial charge is 0.332 e. The fourth-order valence-corrected chi connectivity index (χ4v) is 2.69. The van der Waals surface area contributed by atoms with Gasteiger partial charge in [-0.25, -0.2) is 4.79 Å². The molecule has 25 heavy (non-hydrogen) atoms. The van der Waals surface area contributed by atoms with E-state index in [2.05, 4.69) is 0 Å². The molecule has 0 saturated carbocycles. The van der Waals surface area contributed by atoms with Crippen LogP contribution in [0.1, 0.15) is 17.1 Å². The molecule has 3 rings (SSSR count). The molecule has 0 fully saturated rings. The van der Waals surface area contributed by atoms with Gasteiger partial charge in [-0.1, -0.05) is 0 Å². The van der Waals surface area contributed by atoms with E-state index in [1.807, 2.05) is 6.07 Å². The molecule has 0 unspecified atom stereocenters. The number of aromatic nitrogens is 2. The Kier molecular flexibility index (Phi) is 4.31. The monoisotopic (exact) mass is 340 g/mol. The molecule has 128 valence electrons. The molecule has 0 bridgehead atoms. The number of anilines is 1. The summed E-state index contributed by atoms with van der Waals surface area (Å²) in [5, 5.41) is 9.49. The van der Waals surface area contributed by atoms with Crippen LogP contribution in [-0.4, -0.2) is 9.13 Å². The van der Waals surface area contributed by atoms with Gasteiger partial charge in [0, 0.05) is 14.1 Å². The van der Waals surface area contributed by atoms with Crippen molar-refractivity contribution in [1.82, 2.24) is 9.13 Å². The van der Waals surface area contributed by atoms with E-state index < -0.39 is 11.2 Å². The summed E-state index contributed by atoms with van der Waals surface area (Å²) in [6.45, 7) is 0.533. The maximum absolute atomic E-state index is 12.4. The van der Waals surface area contributed by atoms with E-state index in [1.54, 1.807) is 29.2 Å². The summed E-state index contributed by atoms with van der Waals surface area (Å²) in [5.74, 6) is 1.48. The van der Waals surface area contributed by atoms with Crippen molar-refractivity contribution >= 4 is 5.82 Å². The van der Waals surface area contributed by atoms with Gasteiger partial charge in [0.05, 0.1) is 25.6 Å². The van der Waals surface area contributed by atoms with Crippen LogP contribution in [0.4, 0.5) is 5.82 Å². The molecule has 3 aromatic heterocycles. The zero-order valence-electron chi connectivity index (χ0n) is 13.8. The minimum absolute atomic E-state index is 0.109. The van der Waals surface area contributed by atoms with E-state index in [-0.39, 0.29) is 24.5 Å². The largest absolute Gasteiger partial charge is 0.467 e. The second kappa shape index (κ2) is 6.57. The third-order valence-corrected chi connectivity index (χ3v) is 3.90. The van der Waals surface area contributed by atoms with Crippen molar-refractivity contribution in [1.29, 1.82) is 5.26 Å². The second-order valence-electron chi connectivity index (χ2n) is 5.53. The van der Waals surface area contributed by atoms with Crippen molar-refractivity contribution in [3.8, 4) is 6.07 Å². The molecule has 0 aromatic carbocycles. The third kappa shape index (κ3) is 2.99. The summed E-state index contributed by atoms with van der Waals surface area (Å²) < 4.78 is 13.0. The molecule has 0 aliphatic heterocycles. The molecule has 0 saturated heterocycles. The van der Waals surface area contributed by atoms with Crippen LogP contribution in [0.2, 0.25) is 0 Å². The summed E-state index contributed by atoms with van der Waals surface area (Å²) >= 11 is 0. The minimum Gasteiger partial charge on any atom is -0.467 e. The number of hydrogen-bond donors (Lipinski definition) is 0. The van der Waals surface area contributed by atoms with Gasteiger partial charge >= 0.3 is 5.69 Å². The van der Waals surface area contributed by atoms with Crippen LogP contribution in [0.15, 0.2) is 55.2 Å². The van der Waals surface area contributed by atoms with Gasteiger partial charge < -0.3 is 13.7 Å². The lowest BCUT2D eigenvalue weighted by Gasteiger charge is -2.25. The SMILES string of the molecule is Cn1c(N(Cc2ccco2)Cc2ccco2)c(C#N)c(=O)n(C)c1=O. The Morgan fingerprint density at radius 1 is 1.04 bits per heavy atom. The van der Waals surface area contributed by atoms with Crippen LogP contribution < -0.4 is 16.1 Å². The van der Waals surface area contributed by atoms with Gasteiger partial charge in [0.2, 0.25) is 0 Å². The van der Waals surface area contributed by atoms with Gasteiger partial charge in [-0.2, -0.15) is 5.26 Å². The Morgan fingerprint density at radius 2 is 1.60 bits per heavy atom. The van der Waals surface area contributed by atoms with Crippen LogP contribution >= 0.6 is 0 Å². The van der Waals surface area contributed by atoms with Gasteiger partial charge in [0.15, 0.2) is 5.56 Å². The van der Waals surface area contributed by atoms with Crippen molar-refractivity contribution in [3.63, 3.8) is 0 Å². The standard InChI is InChI=1S/C17H16N4O4/c1-19-15(14(9-18)16(22)20(2)17(19)23)21(10-12-5-3-7-24-12)11-13-6-4-8-25-13/h3-8H,10-11H2,1-2H3. The average molecular weight is 340 g/mol. The highest BCUT2D eigenvalue weighted by Gasteiger charge is 2.22. The lowest BCUT2D eigenvalue weighted by atomic mass is 10.2. The number of rotatable bonds is 5. The van der Waals surface area contributed by atoms with Gasteiger partial charge in [-0.05, 0) is 24.3 Å². The summed E-state index contributed by atoms with van der Waals surface area (Å²) in [6, 6.07) is 8.96. The highest BCUT2D eigenvalue weighted by Crippen LogP contribution is 2.21. The third-order valence-electron chi connectivity index (χ3n) is 3.90. The first-order valence-corrected chi connectivity index (χ1v) is 7.52. The first-order chi connectivity index (χ1) is 12.0. The van der Waals surface area contributed by atoms with Crippen LogP contribution in [0, 0.1) is 11.3 Å². The summed E-state index contributed by atoms with van der Waals surface area (Å²) in [4.78, 5) is 26.4. The van der Waals surface area contributed by atoms with Crippen molar-refractivity contribution in [3.05, 3.63) is 74.7 Å². The summed E-state index contributed by atoms with van der Waals surface area (Å²) in [7, 11) is 2.87. The van der Waals surface area contributed by atoms with Crippen molar-refractivity contribution in [2.45, 2.75) is 13.1 Å². The predicted octanol–water partition coefficient (Wildman–Crippen LogP) is 1.35. The molecule has 0 aliphatic rings. The zero-order chi connectivity index (χ0) is 18.0. The Morgan fingerprint density at radius 3 is 2.04 bits per heavy atom. The summed E-state index contributed by atoms with van der Waals surface area (Å²) in [6.07, 6.45) is 3.07. The lowest BCUT2D eigenvalue weighted by molar-refractivity contribution is 0.471. The number of nitrogens with zero attached hydrogens (tertiary/aromatic N) is 4. The molecule has 0 radical (unpaired) electrons. The molecule has 0 spiro atoms. The maximum atomic E-state index is 12.4. The van der Waals surface area contributed by atoms with Gasteiger partial charge in [-0.3, -0.25) is 13.9 Å². The number of hydrogen-bond acceptors (Lipinski definition) is 6. The Hall–Kier alpha value is -3.47. The average Bonchev–Trinajstić information content (AvgIpc) is 3.29. The molecular weight excluding hydrogens is 324 g/mol. The molecule has 0 aliphatic carbocycles. The lowest BCUT2D eigenvalue weighted by Crippen LogP contribution is -2.42. The highest BCUT2D eigenvalue weighted by atomic mass is 16.3. The summed E-state index contributed by atoms with van der Waals surface area (Å²) in [5.41, 5.74) is -1.25. The van der Waals surface area contributed by atoms with Crippen LogP contribution in [0.3, 0.4) is 0 Å². The molecule has 8 nitrogen and oxygen atoms in total. The minimum atomic E-state index is -0.635. The van der Waals surface area contributed by atoms with Gasteiger partial charge in [-0.15, -0.1) is 0 Å².